The number of nitrogens with zero attached hydrogens (tertiary/aromatic N) is 2. The van der Waals surface area contributed by atoms with Crippen molar-refractivity contribution in [1.82, 2.24) is 4.98 Å². The number of thiazole rings is 1. The molecular weight excluding hydrogens is 368 g/mol. The predicted molar refractivity (Wildman–Crippen MR) is 112 cm³/mol. The number of hydrogen-bond acceptors (Lipinski definition) is 4. The first-order chi connectivity index (χ1) is 13.7. The van der Waals surface area contributed by atoms with E-state index in [4.69, 9.17) is 0 Å². The first-order valence-corrected chi connectivity index (χ1v) is 9.73. The maximum absolute atomic E-state index is 12.8. The minimum absolute atomic E-state index is 0.199. The van der Waals surface area contributed by atoms with Crippen LogP contribution in [0.5, 0.6) is 0 Å². The van der Waals surface area contributed by atoms with E-state index in [9.17, 15) is 4.79 Å². The summed E-state index contributed by atoms with van der Waals surface area (Å²) in [5.41, 5.74) is 7.63. The zero-order chi connectivity index (χ0) is 19.3. The Morgan fingerprint density at radius 1 is 0.964 bits per heavy atom. The van der Waals surface area contributed by atoms with Crippen LogP contribution in [0.1, 0.15) is 15.9 Å². The monoisotopic (exact) mass is 387 g/mol. The number of carbonyl (C=O) groups excluding carboxylic acids is 1. The molecule has 0 saturated carbocycles. The summed E-state index contributed by atoms with van der Waals surface area (Å²) in [7, 11) is 0. The smallest absolute Gasteiger partial charge is 0.266 e. The fourth-order valence-electron chi connectivity index (χ4n) is 2.76. The summed E-state index contributed by atoms with van der Waals surface area (Å²) in [5, 5.41) is 6.23. The zero-order valence-electron chi connectivity index (χ0n) is 15.3. The molecule has 6 heteroatoms. The van der Waals surface area contributed by atoms with Crippen molar-refractivity contribution < 1.29 is 9.47 Å². The van der Waals surface area contributed by atoms with Crippen LogP contribution in [0.3, 0.4) is 0 Å². The van der Waals surface area contributed by atoms with Gasteiger partial charge in [-0.05, 0) is 31.2 Å². The summed E-state index contributed by atoms with van der Waals surface area (Å²) in [4.78, 5) is 16.7. The van der Waals surface area contributed by atoms with Gasteiger partial charge >= 0.3 is 5.13 Å². The molecule has 2 aromatic carbocycles. The van der Waals surface area contributed by atoms with E-state index in [0.29, 0.717) is 5.56 Å². The predicted octanol–water partition coefficient (Wildman–Crippen LogP) is 4.53. The number of rotatable bonds is 5. The van der Waals surface area contributed by atoms with Gasteiger partial charge in [0.2, 0.25) is 0 Å². The molecule has 0 saturated heterocycles. The second-order valence-corrected chi connectivity index (χ2v) is 7.15. The lowest BCUT2D eigenvalue weighted by molar-refractivity contribution is -0.610. The lowest BCUT2D eigenvalue weighted by Gasteiger charge is -2.08. The summed E-state index contributed by atoms with van der Waals surface area (Å²) in [5.74, 6) is -0.199. The van der Waals surface area contributed by atoms with Gasteiger partial charge in [0.05, 0.1) is 0 Å². The van der Waals surface area contributed by atoms with Crippen LogP contribution in [0.2, 0.25) is 0 Å². The number of carbonyl (C=O) groups is 1. The molecule has 28 heavy (non-hydrogen) atoms. The standard InChI is InChI=1S/C22H18N4OS/c1-16-7-9-17(10-8-16)20-15-28-22(24-19-5-3-2-4-6-19)26(20)25-21(27)18-11-13-23-14-12-18/h2-15H,1H3,(H,25,27)/p+1. The molecule has 0 atom stereocenters. The van der Waals surface area contributed by atoms with Gasteiger partial charge in [0, 0.05) is 28.9 Å². The molecular formula is C22H19N4OS+. The van der Waals surface area contributed by atoms with E-state index in [1.807, 2.05) is 35.7 Å². The number of aromatic nitrogens is 2. The molecule has 2 aromatic heterocycles. The first kappa shape index (κ1) is 17.9. The third kappa shape index (κ3) is 3.92. The van der Waals surface area contributed by atoms with Crippen LogP contribution < -0.4 is 15.4 Å². The van der Waals surface area contributed by atoms with Gasteiger partial charge in [-0.15, -0.1) is 4.68 Å². The maximum Gasteiger partial charge on any atom is 0.363 e. The van der Waals surface area contributed by atoms with Gasteiger partial charge in [0.15, 0.2) is 5.69 Å². The normalized spacial score (nSPS) is 10.5. The Balaban J connectivity index is 1.72. The van der Waals surface area contributed by atoms with Crippen molar-refractivity contribution in [3.8, 4) is 11.3 Å². The minimum atomic E-state index is -0.199. The maximum atomic E-state index is 12.8. The van der Waals surface area contributed by atoms with Crippen molar-refractivity contribution in [2.45, 2.75) is 6.92 Å². The van der Waals surface area contributed by atoms with Gasteiger partial charge in [-0.25, -0.2) is 5.32 Å². The van der Waals surface area contributed by atoms with E-state index in [1.54, 1.807) is 29.2 Å². The van der Waals surface area contributed by atoms with Crippen LogP contribution in [0.4, 0.5) is 10.8 Å². The highest BCUT2D eigenvalue weighted by molar-refractivity contribution is 7.13. The molecule has 0 bridgehead atoms. The van der Waals surface area contributed by atoms with E-state index in [1.165, 1.54) is 16.9 Å². The van der Waals surface area contributed by atoms with Crippen LogP contribution in [-0.4, -0.2) is 10.9 Å². The van der Waals surface area contributed by atoms with Crippen molar-refractivity contribution in [3.05, 3.63) is 95.6 Å². The summed E-state index contributed by atoms with van der Waals surface area (Å²) in [6.07, 6.45) is 3.22. The topological polar surface area (TPSA) is 57.9 Å². The highest BCUT2D eigenvalue weighted by atomic mass is 32.1. The third-order valence-corrected chi connectivity index (χ3v) is 5.10. The van der Waals surface area contributed by atoms with Crippen LogP contribution >= 0.6 is 11.3 Å². The number of benzene rings is 2. The zero-order valence-corrected chi connectivity index (χ0v) is 16.1. The molecule has 4 rings (SSSR count). The van der Waals surface area contributed by atoms with Crippen molar-refractivity contribution in [2.24, 2.45) is 0 Å². The molecule has 2 N–H and O–H groups in total. The number of anilines is 2. The fraction of sp³-hybridized carbons (Fsp3) is 0.0455. The largest absolute Gasteiger partial charge is 0.363 e. The Morgan fingerprint density at radius 2 is 1.68 bits per heavy atom. The average Bonchev–Trinajstić information content (AvgIpc) is 3.12. The molecule has 2 heterocycles. The van der Waals surface area contributed by atoms with Crippen LogP contribution in [0, 0.1) is 6.92 Å². The fourth-order valence-corrected chi connectivity index (χ4v) is 3.65. The minimum Gasteiger partial charge on any atom is -0.266 e. The Labute approximate surface area is 167 Å². The Kier molecular flexibility index (Phi) is 5.12. The molecule has 0 radical (unpaired) electrons. The lowest BCUT2D eigenvalue weighted by Crippen LogP contribution is -2.50. The van der Waals surface area contributed by atoms with E-state index >= 15 is 0 Å². The Bertz CT molecular complexity index is 1080. The molecule has 138 valence electrons. The number of amides is 1. The second-order valence-electron chi connectivity index (χ2n) is 6.30. The molecule has 0 aliphatic heterocycles. The van der Waals surface area contributed by atoms with E-state index in [2.05, 4.69) is 46.9 Å². The van der Waals surface area contributed by atoms with Crippen molar-refractivity contribution in [1.29, 1.82) is 0 Å². The summed E-state index contributed by atoms with van der Waals surface area (Å²) in [6, 6.07) is 21.5. The average molecular weight is 387 g/mol. The summed E-state index contributed by atoms with van der Waals surface area (Å²) < 4.78 is 1.80. The molecule has 1 amide bonds. The first-order valence-electron chi connectivity index (χ1n) is 8.85. The molecule has 0 aliphatic carbocycles. The van der Waals surface area contributed by atoms with Gasteiger partial charge in [0.1, 0.15) is 5.69 Å². The van der Waals surface area contributed by atoms with Crippen molar-refractivity contribution >= 4 is 28.1 Å². The van der Waals surface area contributed by atoms with E-state index in [0.717, 1.165) is 22.1 Å². The van der Waals surface area contributed by atoms with Gasteiger partial charge < -0.3 is 0 Å². The summed E-state index contributed by atoms with van der Waals surface area (Å²) >= 11 is 1.53. The number of hydrogen-bond donors (Lipinski definition) is 2. The van der Waals surface area contributed by atoms with E-state index in [-0.39, 0.29) is 5.91 Å². The molecule has 0 unspecified atom stereocenters. The molecule has 0 fully saturated rings. The number of aryl methyl sites for hydroxylation is 1. The Hall–Kier alpha value is -3.51. The van der Waals surface area contributed by atoms with E-state index < -0.39 is 0 Å². The van der Waals surface area contributed by atoms with Gasteiger partial charge in [-0.1, -0.05) is 59.4 Å². The lowest BCUT2D eigenvalue weighted by atomic mass is 10.1. The molecule has 0 aliphatic rings. The van der Waals surface area contributed by atoms with Gasteiger partial charge in [-0.2, -0.15) is 5.43 Å². The SMILES string of the molecule is Cc1ccc(-c2csc(Nc3ccccc3)[n+]2NC(=O)c2ccncc2)cc1. The molecule has 5 nitrogen and oxygen atoms in total. The van der Waals surface area contributed by atoms with Crippen LogP contribution in [-0.2, 0) is 0 Å². The number of pyridine rings is 1. The summed E-state index contributed by atoms with van der Waals surface area (Å²) in [6.45, 7) is 2.05. The highest BCUT2D eigenvalue weighted by Crippen LogP contribution is 2.25. The van der Waals surface area contributed by atoms with Gasteiger partial charge in [-0.3, -0.25) is 9.78 Å². The Morgan fingerprint density at radius 3 is 2.39 bits per heavy atom. The molecule has 0 spiro atoms. The van der Waals surface area contributed by atoms with Gasteiger partial charge in [0.25, 0.3) is 5.91 Å². The highest BCUT2D eigenvalue weighted by Gasteiger charge is 2.22. The quantitative estimate of drug-likeness (QED) is 0.495. The van der Waals surface area contributed by atoms with Crippen LogP contribution in [0.15, 0.2) is 84.5 Å². The number of nitrogens with one attached hydrogen (secondary N) is 2. The van der Waals surface area contributed by atoms with Crippen molar-refractivity contribution in [2.75, 3.05) is 10.7 Å². The van der Waals surface area contributed by atoms with Crippen LogP contribution in [0.25, 0.3) is 11.3 Å². The third-order valence-electron chi connectivity index (χ3n) is 4.25. The second kappa shape index (κ2) is 8.02. The number of para-hydroxylation sites is 1. The van der Waals surface area contributed by atoms with Crippen molar-refractivity contribution in [3.63, 3.8) is 0 Å². The molecule has 4 aromatic rings.